The van der Waals surface area contributed by atoms with Crippen LogP contribution in [-0.2, 0) is 11.3 Å². The third-order valence-corrected chi connectivity index (χ3v) is 3.93. The van der Waals surface area contributed by atoms with E-state index in [-0.39, 0.29) is 0 Å². The summed E-state index contributed by atoms with van der Waals surface area (Å²) in [7, 11) is 0. The molecule has 5 heteroatoms. The summed E-state index contributed by atoms with van der Waals surface area (Å²) in [6.07, 6.45) is 8.12. The molecule has 0 aromatic carbocycles. The maximum Gasteiger partial charge on any atom is 0.151 e. The summed E-state index contributed by atoms with van der Waals surface area (Å²) in [6, 6.07) is 0. The Bertz CT molecular complexity index is 460. The molecule has 17 heavy (non-hydrogen) atoms. The Kier molecular flexibility index (Phi) is 3.20. The average Bonchev–Trinajstić information content (AvgIpc) is 3.00. The fraction of sp³-hybridized carbons (Fsp3) is 0.500. The highest BCUT2D eigenvalue weighted by Crippen LogP contribution is 2.24. The number of nitrogens with zero attached hydrogens (tertiary/aromatic N) is 3. The van der Waals surface area contributed by atoms with Crippen LogP contribution in [0.5, 0.6) is 0 Å². The van der Waals surface area contributed by atoms with Crippen molar-refractivity contribution in [3.8, 4) is 10.7 Å². The van der Waals surface area contributed by atoms with Crippen molar-refractivity contribution in [3.05, 3.63) is 24.1 Å². The molecule has 0 spiro atoms. The van der Waals surface area contributed by atoms with Gasteiger partial charge in [-0.2, -0.15) is 0 Å². The lowest BCUT2D eigenvalue weighted by Crippen LogP contribution is -2.20. The van der Waals surface area contributed by atoms with Crippen molar-refractivity contribution in [3.63, 3.8) is 0 Å². The molecule has 0 radical (unpaired) electrons. The maximum absolute atomic E-state index is 5.39. The minimum Gasteiger partial charge on any atom is -0.381 e. The summed E-state index contributed by atoms with van der Waals surface area (Å²) >= 11 is 1.64. The van der Waals surface area contributed by atoms with Gasteiger partial charge in [-0.05, 0) is 18.8 Å². The van der Waals surface area contributed by atoms with Crippen molar-refractivity contribution in [1.29, 1.82) is 0 Å². The van der Waals surface area contributed by atoms with E-state index in [0.717, 1.165) is 43.3 Å². The smallest absolute Gasteiger partial charge is 0.151 e. The lowest BCUT2D eigenvalue weighted by atomic mass is 10.0. The van der Waals surface area contributed by atoms with E-state index in [1.54, 1.807) is 11.3 Å². The van der Waals surface area contributed by atoms with E-state index >= 15 is 0 Å². The van der Waals surface area contributed by atoms with Crippen molar-refractivity contribution >= 4 is 11.3 Å². The van der Waals surface area contributed by atoms with E-state index < -0.39 is 0 Å². The summed E-state index contributed by atoms with van der Waals surface area (Å²) in [5.41, 5.74) is 1.85. The second kappa shape index (κ2) is 4.98. The predicted molar refractivity (Wildman–Crippen MR) is 66.9 cm³/mol. The lowest BCUT2D eigenvalue weighted by molar-refractivity contribution is 0.0614. The first-order chi connectivity index (χ1) is 8.43. The van der Waals surface area contributed by atoms with Crippen LogP contribution in [0.3, 0.4) is 0 Å². The number of ether oxygens (including phenoxy) is 1. The van der Waals surface area contributed by atoms with E-state index in [0.29, 0.717) is 5.92 Å². The molecular formula is C12H15N3OS. The van der Waals surface area contributed by atoms with Crippen molar-refractivity contribution in [2.45, 2.75) is 19.4 Å². The second-order valence-electron chi connectivity index (χ2n) is 4.32. The number of aromatic nitrogens is 3. The van der Waals surface area contributed by atoms with E-state index in [2.05, 4.69) is 20.7 Å². The fourth-order valence-corrected chi connectivity index (χ4v) is 2.85. The van der Waals surface area contributed by atoms with Gasteiger partial charge in [-0.1, -0.05) is 0 Å². The van der Waals surface area contributed by atoms with Gasteiger partial charge in [0.2, 0.25) is 0 Å². The second-order valence-corrected chi connectivity index (χ2v) is 5.21. The minimum absolute atomic E-state index is 0.713. The SMILES string of the molecule is c1cn(CC2CCOCC2)c(-c2cncs2)n1. The van der Waals surface area contributed by atoms with E-state index in [1.807, 2.05) is 17.9 Å². The minimum atomic E-state index is 0.713. The van der Waals surface area contributed by atoms with Crippen LogP contribution >= 0.6 is 11.3 Å². The van der Waals surface area contributed by atoms with E-state index in [4.69, 9.17) is 4.74 Å². The molecule has 0 amide bonds. The van der Waals surface area contributed by atoms with Gasteiger partial charge in [0.1, 0.15) is 0 Å². The van der Waals surface area contributed by atoms with Gasteiger partial charge in [0.15, 0.2) is 5.82 Å². The van der Waals surface area contributed by atoms with Crippen LogP contribution in [-0.4, -0.2) is 27.7 Å². The van der Waals surface area contributed by atoms with Crippen molar-refractivity contribution in [2.24, 2.45) is 5.92 Å². The van der Waals surface area contributed by atoms with Gasteiger partial charge in [-0.15, -0.1) is 11.3 Å². The van der Waals surface area contributed by atoms with E-state index in [9.17, 15) is 0 Å². The van der Waals surface area contributed by atoms with Crippen LogP contribution in [0.2, 0.25) is 0 Å². The van der Waals surface area contributed by atoms with Crippen molar-refractivity contribution in [2.75, 3.05) is 13.2 Å². The van der Waals surface area contributed by atoms with Crippen LogP contribution < -0.4 is 0 Å². The first-order valence-electron chi connectivity index (χ1n) is 5.91. The molecule has 0 N–H and O–H groups in total. The van der Waals surface area contributed by atoms with Gasteiger partial charge in [-0.25, -0.2) is 4.98 Å². The van der Waals surface area contributed by atoms with Crippen LogP contribution in [0.1, 0.15) is 12.8 Å². The number of hydrogen-bond donors (Lipinski definition) is 0. The molecule has 2 aromatic heterocycles. The fourth-order valence-electron chi connectivity index (χ4n) is 2.22. The third kappa shape index (κ3) is 2.40. The molecule has 0 unspecified atom stereocenters. The molecule has 0 saturated carbocycles. The van der Waals surface area contributed by atoms with Gasteiger partial charge in [0.05, 0.1) is 10.4 Å². The number of hydrogen-bond acceptors (Lipinski definition) is 4. The molecule has 1 aliphatic rings. The monoisotopic (exact) mass is 249 g/mol. The Morgan fingerprint density at radius 2 is 2.29 bits per heavy atom. The molecule has 1 saturated heterocycles. The van der Waals surface area contributed by atoms with E-state index in [1.165, 1.54) is 0 Å². The van der Waals surface area contributed by atoms with Crippen LogP contribution in [0.15, 0.2) is 24.1 Å². The first-order valence-corrected chi connectivity index (χ1v) is 6.79. The summed E-state index contributed by atoms with van der Waals surface area (Å²) < 4.78 is 7.63. The normalized spacial score (nSPS) is 17.4. The summed E-state index contributed by atoms with van der Waals surface area (Å²) in [5, 5.41) is 0. The zero-order chi connectivity index (χ0) is 11.5. The van der Waals surface area contributed by atoms with Gasteiger partial charge < -0.3 is 9.30 Å². The van der Waals surface area contributed by atoms with Gasteiger partial charge in [0.25, 0.3) is 0 Å². The standard InChI is InChI=1S/C12H15N3OS/c1-5-16-6-2-10(1)8-15-4-3-14-12(15)11-7-13-9-17-11/h3-4,7,9-10H,1-2,5-6,8H2. The highest BCUT2D eigenvalue weighted by Gasteiger charge is 2.16. The lowest BCUT2D eigenvalue weighted by Gasteiger charge is -2.22. The van der Waals surface area contributed by atoms with Gasteiger partial charge in [0, 0.05) is 38.3 Å². The summed E-state index contributed by atoms with van der Waals surface area (Å²) in [5.74, 6) is 1.75. The third-order valence-electron chi connectivity index (χ3n) is 3.16. The predicted octanol–water partition coefficient (Wildman–Crippen LogP) is 2.43. The first kappa shape index (κ1) is 10.9. The average molecular weight is 249 g/mol. The maximum atomic E-state index is 5.39. The van der Waals surface area contributed by atoms with Crippen molar-refractivity contribution < 1.29 is 4.74 Å². The molecule has 3 heterocycles. The Morgan fingerprint density at radius 1 is 1.41 bits per heavy atom. The Balaban J connectivity index is 1.77. The number of rotatable bonds is 3. The van der Waals surface area contributed by atoms with Crippen LogP contribution in [0.25, 0.3) is 10.7 Å². The zero-order valence-corrected chi connectivity index (χ0v) is 10.4. The largest absolute Gasteiger partial charge is 0.381 e. The molecule has 1 aliphatic heterocycles. The molecule has 0 bridgehead atoms. The van der Waals surface area contributed by atoms with Crippen LogP contribution in [0, 0.1) is 5.92 Å². The molecule has 4 nitrogen and oxygen atoms in total. The molecule has 90 valence electrons. The number of imidazole rings is 1. The van der Waals surface area contributed by atoms with Crippen LogP contribution in [0.4, 0.5) is 0 Å². The highest BCUT2D eigenvalue weighted by atomic mass is 32.1. The Morgan fingerprint density at radius 3 is 3.06 bits per heavy atom. The summed E-state index contributed by atoms with van der Waals surface area (Å²) in [4.78, 5) is 9.68. The van der Waals surface area contributed by atoms with Gasteiger partial charge >= 0.3 is 0 Å². The highest BCUT2D eigenvalue weighted by molar-refractivity contribution is 7.13. The molecule has 3 rings (SSSR count). The topological polar surface area (TPSA) is 39.9 Å². The molecule has 1 fully saturated rings. The Hall–Kier alpha value is -1.20. The van der Waals surface area contributed by atoms with Crippen molar-refractivity contribution in [1.82, 2.24) is 14.5 Å². The van der Waals surface area contributed by atoms with Gasteiger partial charge in [-0.3, -0.25) is 4.98 Å². The summed E-state index contributed by atoms with van der Waals surface area (Å²) in [6.45, 7) is 2.83. The zero-order valence-electron chi connectivity index (χ0n) is 9.58. The Labute approximate surface area is 104 Å². The molecule has 0 atom stereocenters. The molecule has 0 aliphatic carbocycles. The molecule has 2 aromatic rings. The number of thiazole rings is 1. The molecular weight excluding hydrogens is 234 g/mol. The quantitative estimate of drug-likeness (QED) is 0.838.